The second-order valence-electron chi connectivity index (χ2n) is 20.0. The van der Waals surface area contributed by atoms with Crippen molar-refractivity contribution in [1.82, 2.24) is 9.97 Å². The number of fused-ring (bicyclic) bond motifs is 2. The topological polar surface area (TPSA) is 31.6 Å². The van der Waals surface area contributed by atoms with Gasteiger partial charge in [-0.2, -0.15) is 0 Å². The Morgan fingerprint density at radius 2 is 0.917 bits per heavy atom. The van der Waals surface area contributed by atoms with E-state index in [1.54, 1.807) is 31.2 Å². The summed E-state index contributed by atoms with van der Waals surface area (Å²) in [5.74, 6) is -4.85. The molecule has 8 aromatic carbocycles. The van der Waals surface area contributed by atoms with Crippen LogP contribution in [-0.4, -0.2) is 15.7 Å². The van der Waals surface area contributed by atoms with Gasteiger partial charge in [0.15, 0.2) is 17.5 Å². The van der Waals surface area contributed by atoms with Gasteiger partial charge in [0.2, 0.25) is 0 Å². The lowest BCUT2D eigenvalue weighted by Crippen LogP contribution is -2.14. The van der Waals surface area contributed by atoms with Crippen molar-refractivity contribution in [3.63, 3.8) is 0 Å². The SMILES string of the molecule is CCC(C)(C)c1ccccc1.CCSc1ccccc1Br.CCc1c[nH]c2ccc(F)cc12.CCc1cc(F)c(F)c(F)c1.CCc1cc(F)cc(F)c1.CCc1ccc(F)cc1F.Cc1c[nH]c2ccc(F)cc12.Cc1cccc(C)c1C. The normalized spacial score (nSPS) is 10.4. The Kier molecular flexibility index (Phi) is 31.1. The lowest BCUT2D eigenvalue weighted by atomic mass is 9.82. The predicted octanol–water partition coefficient (Wildman–Crippen LogP) is 22.8. The van der Waals surface area contributed by atoms with Gasteiger partial charge in [-0.1, -0.05) is 122 Å². The first-order chi connectivity index (χ1) is 39.9. The maximum atomic E-state index is 12.8. The summed E-state index contributed by atoms with van der Waals surface area (Å²) in [6.45, 7) is 24.8. The van der Waals surface area contributed by atoms with Gasteiger partial charge in [-0.25, -0.2) is 39.5 Å². The molecule has 0 saturated carbocycles. The zero-order valence-corrected chi connectivity index (χ0v) is 52.5. The minimum atomic E-state index is -1.40. The van der Waals surface area contributed by atoms with E-state index in [-0.39, 0.29) is 11.6 Å². The fraction of sp³-hybridized carbons (Fsp3) is 0.268. The van der Waals surface area contributed by atoms with Gasteiger partial charge in [-0.05, 0) is 216 Å². The highest BCUT2D eigenvalue weighted by molar-refractivity contribution is 9.10. The fourth-order valence-electron chi connectivity index (χ4n) is 7.82. The summed E-state index contributed by atoms with van der Waals surface area (Å²) in [4.78, 5) is 7.47. The molecule has 0 aliphatic carbocycles. The Balaban J connectivity index is 0.000000252. The van der Waals surface area contributed by atoms with E-state index in [4.69, 9.17) is 0 Å². The molecule has 0 spiro atoms. The molecule has 0 radical (unpaired) electrons. The molecule has 0 amide bonds. The number of thioether (sulfide) groups is 1. The maximum Gasteiger partial charge on any atom is 0.194 e. The molecule has 84 heavy (non-hydrogen) atoms. The van der Waals surface area contributed by atoms with E-state index >= 15 is 0 Å². The first-order valence-corrected chi connectivity index (χ1v) is 29.7. The Morgan fingerprint density at radius 1 is 0.429 bits per heavy atom. The van der Waals surface area contributed by atoms with Gasteiger partial charge in [0.25, 0.3) is 0 Å². The third kappa shape index (κ3) is 24.0. The molecule has 0 bridgehead atoms. The van der Waals surface area contributed by atoms with Crippen LogP contribution in [0.5, 0.6) is 0 Å². The van der Waals surface area contributed by atoms with Gasteiger partial charge in [0.1, 0.15) is 34.9 Å². The number of hydrogen-bond acceptors (Lipinski definition) is 1. The van der Waals surface area contributed by atoms with Crippen molar-refractivity contribution < 1.29 is 39.5 Å². The van der Waals surface area contributed by atoms with Crippen molar-refractivity contribution in [2.45, 2.75) is 125 Å². The third-order valence-corrected chi connectivity index (χ3v) is 15.5. The lowest BCUT2D eigenvalue weighted by Gasteiger charge is -2.22. The zero-order valence-electron chi connectivity index (χ0n) is 50.1. The smallest absolute Gasteiger partial charge is 0.194 e. The van der Waals surface area contributed by atoms with Crippen molar-refractivity contribution in [2.24, 2.45) is 0 Å². The van der Waals surface area contributed by atoms with Crippen LogP contribution in [0.4, 0.5) is 39.5 Å². The van der Waals surface area contributed by atoms with E-state index < -0.39 is 40.7 Å². The number of rotatable bonds is 8. The lowest BCUT2D eigenvalue weighted by molar-refractivity contribution is 0.445. The first-order valence-electron chi connectivity index (χ1n) is 27.9. The van der Waals surface area contributed by atoms with Crippen LogP contribution in [0.1, 0.15) is 112 Å². The van der Waals surface area contributed by atoms with Crippen molar-refractivity contribution in [3.8, 4) is 0 Å². The Morgan fingerprint density at radius 3 is 1.42 bits per heavy atom. The number of nitrogens with one attached hydrogen (secondary N) is 2. The number of aryl methyl sites for hydroxylation is 7. The van der Waals surface area contributed by atoms with Gasteiger partial charge in [0, 0.05) is 55.7 Å². The van der Waals surface area contributed by atoms with Gasteiger partial charge in [-0.15, -0.1) is 11.8 Å². The summed E-state index contributed by atoms with van der Waals surface area (Å²) in [5, 5.41) is 1.96. The van der Waals surface area contributed by atoms with Crippen LogP contribution < -0.4 is 0 Å². The third-order valence-electron chi connectivity index (χ3n) is 13.6. The van der Waals surface area contributed by atoms with Crippen LogP contribution >= 0.6 is 27.7 Å². The number of aromatic amines is 2. The molecule has 0 atom stereocenters. The molecule has 2 N–H and O–H groups in total. The number of H-pyrrole nitrogens is 2. The highest BCUT2D eigenvalue weighted by atomic mass is 79.9. The van der Waals surface area contributed by atoms with Crippen LogP contribution in [0.25, 0.3) is 21.8 Å². The molecule has 0 aliphatic heterocycles. The fourth-order valence-corrected chi connectivity index (χ4v) is 9.14. The summed E-state index contributed by atoms with van der Waals surface area (Å²) in [6, 6.07) is 44.1. The van der Waals surface area contributed by atoms with E-state index in [0.717, 1.165) is 63.8 Å². The first kappa shape index (κ1) is 71.3. The number of hydrogen-bond donors (Lipinski definition) is 2. The number of benzene rings is 8. The summed E-state index contributed by atoms with van der Waals surface area (Å²) in [5.41, 5.74) is 11.9. The summed E-state index contributed by atoms with van der Waals surface area (Å²) < 4.78 is 113. The van der Waals surface area contributed by atoms with Gasteiger partial charge >= 0.3 is 0 Å². The molecule has 10 aromatic rings. The van der Waals surface area contributed by atoms with Gasteiger partial charge in [0.05, 0.1) is 0 Å². The molecule has 0 fully saturated rings. The van der Waals surface area contributed by atoms with Gasteiger partial charge < -0.3 is 9.97 Å². The zero-order chi connectivity index (χ0) is 62.5. The molecular formula is C71H78BrF9N2S. The highest BCUT2D eigenvalue weighted by Crippen LogP contribution is 2.27. The molecule has 0 aliphatic rings. The Bertz CT molecular complexity index is 3490. The molecular weight excluding hydrogens is 1160 g/mol. The number of halogens is 10. The largest absolute Gasteiger partial charge is 0.361 e. The minimum Gasteiger partial charge on any atom is -0.361 e. The summed E-state index contributed by atoms with van der Waals surface area (Å²) in [6.07, 6.45) is 7.70. The molecule has 2 nitrogen and oxygen atoms in total. The average molecular weight is 1240 g/mol. The quantitative estimate of drug-likeness (QED) is 0.0887. The molecule has 448 valence electrons. The molecule has 10 rings (SSSR count). The molecule has 0 saturated heterocycles. The molecule has 0 unspecified atom stereocenters. The van der Waals surface area contributed by atoms with Crippen molar-refractivity contribution in [2.75, 3.05) is 5.75 Å². The van der Waals surface area contributed by atoms with Crippen LogP contribution in [0.2, 0.25) is 0 Å². The summed E-state index contributed by atoms with van der Waals surface area (Å²) >= 11 is 5.33. The Labute approximate surface area is 504 Å². The minimum absolute atomic E-state index is 0.170. The van der Waals surface area contributed by atoms with Crippen LogP contribution in [0, 0.1) is 80.0 Å². The maximum absolute atomic E-state index is 12.8. The molecule has 13 heteroatoms. The van der Waals surface area contributed by atoms with Crippen molar-refractivity contribution >= 4 is 49.5 Å². The average Bonchev–Trinajstić information content (AvgIpc) is 4.27. The van der Waals surface area contributed by atoms with E-state index in [1.807, 2.05) is 51.0 Å². The highest BCUT2D eigenvalue weighted by Gasteiger charge is 2.16. The van der Waals surface area contributed by atoms with Crippen molar-refractivity contribution in [1.29, 1.82) is 0 Å². The summed E-state index contributed by atoms with van der Waals surface area (Å²) in [7, 11) is 0. The van der Waals surface area contributed by atoms with Crippen LogP contribution in [-0.2, 0) is 31.1 Å². The predicted molar refractivity (Wildman–Crippen MR) is 339 cm³/mol. The molecule has 2 heterocycles. The molecule has 2 aromatic heterocycles. The van der Waals surface area contributed by atoms with Crippen LogP contribution in [0.15, 0.2) is 179 Å². The second kappa shape index (κ2) is 36.7. The Hall–Kier alpha value is -6.96. The second-order valence-corrected chi connectivity index (χ2v) is 22.1. The van der Waals surface area contributed by atoms with E-state index in [0.29, 0.717) is 41.4 Å². The van der Waals surface area contributed by atoms with E-state index in [1.165, 1.54) is 80.0 Å². The van der Waals surface area contributed by atoms with E-state index in [2.05, 4.69) is 148 Å². The number of aromatic nitrogens is 2. The van der Waals surface area contributed by atoms with Gasteiger partial charge in [-0.3, -0.25) is 0 Å². The van der Waals surface area contributed by atoms with Crippen molar-refractivity contribution in [3.05, 3.63) is 277 Å². The standard InChI is InChI=1S/C11H16.C10H10FN.C9H8FN.C9H12.C8H9BrS.C8H7F3.2C8H8F2/c1-4-11(2,3)10-8-6-5-7-9-10;1-2-7-6-12-10-4-3-8(11)5-9(7)10;1-6-5-11-9-3-2-7(10)4-8(6)9;1-7-5-4-6-8(2)9(7)3;1-2-10-8-6-4-3-5-7(8)9;1-2-5-3-6(9)8(11)7(10)4-5;1-2-6-3-7(9)5-8(10)4-6;1-2-6-3-4-7(9)5-8(6)10/h5-9H,4H2,1-3H3;3-6,12H,2H2,1H3;2-5,11H,1H3;4-6H,1-3H3;3-6H,2H2,1H3;3-4H,2H2,1H3;2*3-5H,2H2,1H3. The van der Waals surface area contributed by atoms with Crippen LogP contribution in [0.3, 0.4) is 0 Å². The van der Waals surface area contributed by atoms with E-state index in [9.17, 15) is 39.5 Å². The monoisotopic (exact) mass is 1240 g/mol.